The number of aromatic nitrogens is 2. The third-order valence-electron chi connectivity index (χ3n) is 8.66. The molecular weight excluding hydrogens is 591 g/mol. The molecule has 0 aliphatic carbocycles. The molecule has 4 heterocycles. The van der Waals surface area contributed by atoms with Gasteiger partial charge in [-0.3, -0.25) is 14.5 Å². The van der Waals surface area contributed by atoms with E-state index in [2.05, 4.69) is 21.0 Å². The molecular formula is C32H36ClFN4O6. The number of para-hydroxylation sites is 1. The Morgan fingerprint density at radius 2 is 1.95 bits per heavy atom. The molecule has 2 saturated heterocycles. The molecule has 0 unspecified atom stereocenters. The largest absolute Gasteiger partial charge is 0.468 e. The molecule has 3 aliphatic rings. The predicted molar refractivity (Wildman–Crippen MR) is 159 cm³/mol. The number of methoxy groups -OCH3 is 1. The summed E-state index contributed by atoms with van der Waals surface area (Å²) in [5.41, 5.74) is 2.37. The molecule has 2 atom stereocenters. The fourth-order valence-electron chi connectivity index (χ4n) is 6.22. The van der Waals surface area contributed by atoms with Crippen LogP contribution in [0.25, 0.3) is 0 Å². The zero-order chi connectivity index (χ0) is 31.0. The lowest BCUT2D eigenvalue weighted by atomic mass is 9.88. The van der Waals surface area contributed by atoms with E-state index in [-0.39, 0.29) is 30.0 Å². The second-order valence-electron chi connectivity index (χ2n) is 11.6. The second-order valence-corrected chi connectivity index (χ2v) is 12.0. The van der Waals surface area contributed by atoms with Gasteiger partial charge in [-0.05, 0) is 69.5 Å². The second kappa shape index (κ2) is 12.4. The highest BCUT2D eigenvalue weighted by Gasteiger charge is 2.43. The number of hydrogen-bond acceptors (Lipinski definition) is 8. The maximum atomic E-state index is 14.8. The number of benzene rings is 2. The summed E-state index contributed by atoms with van der Waals surface area (Å²) in [5.74, 6) is -0.403. The number of carbonyl (C=O) groups is 2. The number of ether oxygens (including phenoxy) is 4. The Bertz CT molecular complexity index is 1570. The van der Waals surface area contributed by atoms with E-state index in [0.29, 0.717) is 47.6 Å². The minimum Gasteiger partial charge on any atom is -0.468 e. The third-order valence-corrected chi connectivity index (χ3v) is 8.90. The van der Waals surface area contributed by atoms with Gasteiger partial charge in [0.25, 0.3) is 11.7 Å². The van der Waals surface area contributed by atoms with Crippen molar-refractivity contribution in [3.05, 3.63) is 75.6 Å². The molecule has 1 aromatic heterocycles. The van der Waals surface area contributed by atoms with Gasteiger partial charge in [0, 0.05) is 24.1 Å². The van der Waals surface area contributed by atoms with Crippen molar-refractivity contribution >= 4 is 23.5 Å². The van der Waals surface area contributed by atoms with Crippen LogP contribution in [-0.2, 0) is 33.1 Å². The number of imidazole rings is 1. The Labute approximate surface area is 260 Å². The van der Waals surface area contributed by atoms with Crippen molar-refractivity contribution < 1.29 is 32.9 Å². The van der Waals surface area contributed by atoms with Gasteiger partial charge in [-0.1, -0.05) is 23.7 Å². The number of carbonyl (C=O) groups excluding carboxylic acids is 2. The van der Waals surface area contributed by atoms with Gasteiger partial charge in [-0.15, -0.1) is 0 Å². The maximum Gasteiger partial charge on any atom is 0.325 e. The summed E-state index contributed by atoms with van der Waals surface area (Å²) >= 11 is 5.97. The van der Waals surface area contributed by atoms with Crippen LogP contribution in [0, 0.1) is 12.7 Å². The van der Waals surface area contributed by atoms with Crippen molar-refractivity contribution in [1.82, 2.24) is 19.8 Å². The van der Waals surface area contributed by atoms with Gasteiger partial charge in [-0.25, -0.2) is 9.37 Å². The van der Waals surface area contributed by atoms with Crippen molar-refractivity contribution in [3.8, 4) is 11.5 Å². The molecule has 0 radical (unpaired) electrons. The van der Waals surface area contributed by atoms with E-state index in [9.17, 15) is 14.0 Å². The lowest BCUT2D eigenvalue weighted by Gasteiger charge is -2.33. The quantitative estimate of drug-likeness (QED) is 0.341. The first-order chi connectivity index (χ1) is 21.1. The molecule has 234 valence electrons. The number of halogens is 2. The summed E-state index contributed by atoms with van der Waals surface area (Å²) in [6, 6.07) is 10.3. The molecule has 6 rings (SSSR count). The maximum absolute atomic E-state index is 14.8. The lowest BCUT2D eigenvalue weighted by molar-refractivity contribution is -0.139. The first-order valence-corrected chi connectivity index (χ1v) is 15.2. The van der Waals surface area contributed by atoms with Crippen LogP contribution in [0.5, 0.6) is 11.5 Å². The van der Waals surface area contributed by atoms with Gasteiger partial charge in [0.15, 0.2) is 11.5 Å². The van der Waals surface area contributed by atoms with Crippen LogP contribution >= 0.6 is 11.6 Å². The topological polar surface area (TPSA) is 104 Å². The molecule has 0 saturated carbocycles. The van der Waals surface area contributed by atoms with Gasteiger partial charge in [0.1, 0.15) is 23.9 Å². The number of rotatable bonds is 9. The van der Waals surface area contributed by atoms with Crippen LogP contribution in [0.1, 0.15) is 65.2 Å². The standard InChI is InChI=1S/C32H36ClFN4O6/c1-19-29(31(40)35-16-28(39)41-3)38(17-22-11-14-42-22)27(36-19)18-37-12-9-20(10-13-37)23-5-4-6-26-30(23)44-32(2,43-26)24-8-7-21(33)15-25(24)34/h4-8,15,20,22H,9-14,16-18H2,1-3H3,(H,35,40)/t22-,32-/m0/s1. The summed E-state index contributed by atoms with van der Waals surface area (Å²) in [7, 11) is 1.28. The van der Waals surface area contributed by atoms with Crippen LogP contribution in [0.4, 0.5) is 4.39 Å². The number of nitrogens with zero attached hydrogens (tertiary/aromatic N) is 3. The van der Waals surface area contributed by atoms with Crippen LogP contribution < -0.4 is 14.8 Å². The average molecular weight is 627 g/mol. The number of nitrogens with one attached hydrogen (secondary N) is 1. The third kappa shape index (κ3) is 6.00. The highest BCUT2D eigenvalue weighted by atomic mass is 35.5. The molecule has 44 heavy (non-hydrogen) atoms. The summed E-state index contributed by atoms with van der Waals surface area (Å²) in [4.78, 5) is 31.8. The number of likely N-dealkylation sites (tertiary alicyclic amines) is 1. The van der Waals surface area contributed by atoms with Crippen LogP contribution in [0.2, 0.25) is 5.02 Å². The van der Waals surface area contributed by atoms with Crippen molar-refractivity contribution in [3.63, 3.8) is 0 Å². The summed E-state index contributed by atoms with van der Waals surface area (Å²) in [6.45, 7) is 6.74. The zero-order valence-electron chi connectivity index (χ0n) is 25.0. The predicted octanol–water partition coefficient (Wildman–Crippen LogP) is 4.70. The van der Waals surface area contributed by atoms with E-state index in [4.69, 9.17) is 30.8 Å². The van der Waals surface area contributed by atoms with Crippen molar-refractivity contribution in [2.24, 2.45) is 0 Å². The van der Waals surface area contributed by atoms with Crippen molar-refractivity contribution in [2.75, 3.05) is 33.4 Å². The van der Waals surface area contributed by atoms with Gasteiger partial charge >= 0.3 is 5.97 Å². The number of hydrogen-bond donors (Lipinski definition) is 1. The fraction of sp³-hybridized carbons (Fsp3) is 0.469. The van der Waals surface area contributed by atoms with Gasteiger partial charge in [0.05, 0.1) is 37.6 Å². The smallest absolute Gasteiger partial charge is 0.325 e. The van der Waals surface area contributed by atoms with E-state index in [1.807, 2.05) is 23.6 Å². The highest BCUT2D eigenvalue weighted by Crippen LogP contribution is 2.49. The van der Waals surface area contributed by atoms with E-state index in [0.717, 1.165) is 43.7 Å². The monoisotopic (exact) mass is 626 g/mol. The fourth-order valence-corrected chi connectivity index (χ4v) is 6.37. The Hall–Kier alpha value is -3.67. The van der Waals surface area contributed by atoms with Crippen molar-refractivity contribution in [2.45, 2.75) is 64.0 Å². The molecule has 0 spiro atoms. The number of amides is 1. The molecule has 3 aromatic rings. The summed E-state index contributed by atoms with van der Waals surface area (Å²) < 4.78 is 39.6. The van der Waals surface area contributed by atoms with Crippen LogP contribution in [-0.4, -0.2) is 65.8 Å². The van der Waals surface area contributed by atoms with E-state index in [1.165, 1.54) is 13.2 Å². The highest BCUT2D eigenvalue weighted by molar-refractivity contribution is 6.30. The Kier molecular flexibility index (Phi) is 8.54. The first kappa shape index (κ1) is 30.4. The number of esters is 1. The zero-order valence-corrected chi connectivity index (χ0v) is 25.8. The normalized spacial score (nSPS) is 21.6. The SMILES string of the molecule is COC(=O)CNC(=O)c1c(C)nc(CN2CCC(c3cccc4c3O[C@@](C)(c3ccc(Cl)cc3F)O4)CC2)n1C[C@@H]1CCO1. The van der Waals surface area contributed by atoms with E-state index >= 15 is 0 Å². The lowest BCUT2D eigenvalue weighted by Crippen LogP contribution is -2.37. The number of piperidine rings is 1. The first-order valence-electron chi connectivity index (χ1n) is 14.9. The number of aryl methyl sites for hydroxylation is 1. The van der Waals surface area contributed by atoms with Gasteiger partial charge < -0.3 is 28.8 Å². The minimum absolute atomic E-state index is 0.0228. The van der Waals surface area contributed by atoms with Gasteiger partial charge in [0.2, 0.25) is 0 Å². The molecule has 12 heteroatoms. The summed E-state index contributed by atoms with van der Waals surface area (Å²) in [6.07, 6.45) is 2.70. The van der Waals surface area contributed by atoms with Crippen LogP contribution in [0.3, 0.4) is 0 Å². The molecule has 1 amide bonds. The average Bonchev–Trinajstić information content (AvgIpc) is 3.49. The molecule has 3 aliphatic heterocycles. The Morgan fingerprint density at radius 1 is 1.18 bits per heavy atom. The van der Waals surface area contributed by atoms with Crippen molar-refractivity contribution in [1.29, 1.82) is 0 Å². The Morgan fingerprint density at radius 3 is 2.64 bits per heavy atom. The molecule has 2 fully saturated rings. The molecule has 1 N–H and O–H groups in total. The Balaban J connectivity index is 1.15. The molecule has 0 bridgehead atoms. The summed E-state index contributed by atoms with van der Waals surface area (Å²) in [5, 5.41) is 2.96. The van der Waals surface area contributed by atoms with E-state index in [1.54, 1.807) is 19.1 Å². The molecule has 10 nitrogen and oxygen atoms in total. The number of fused-ring (bicyclic) bond motifs is 1. The van der Waals surface area contributed by atoms with Gasteiger partial charge in [-0.2, -0.15) is 0 Å². The molecule has 2 aromatic carbocycles. The van der Waals surface area contributed by atoms with E-state index < -0.39 is 17.6 Å². The van der Waals surface area contributed by atoms with Crippen LogP contribution in [0.15, 0.2) is 36.4 Å². The minimum atomic E-state index is -1.30.